The maximum atomic E-state index is 14.5. The lowest BCUT2D eigenvalue weighted by Crippen LogP contribution is -2.64. The lowest BCUT2D eigenvalue weighted by Gasteiger charge is -2.47. The van der Waals surface area contributed by atoms with Gasteiger partial charge in [-0.15, -0.1) is 0 Å². The Labute approximate surface area is 404 Å². The fourth-order valence-corrected chi connectivity index (χ4v) is 11.0. The molecule has 1 aliphatic carbocycles. The molecule has 4 heterocycles. The third-order valence-electron chi connectivity index (χ3n) is 15.2. The van der Waals surface area contributed by atoms with E-state index in [1.807, 2.05) is 26.0 Å². The number of ether oxygens (including phenoxy) is 6. The van der Waals surface area contributed by atoms with Gasteiger partial charge in [0.2, 0.25) is 11.7 Å². The number of hydrogen-bond acceptors (Lipinski definition) is 15. The third kappa shape index (κ3) is 14.7. The number of aliphatic hydroxyl groups is 3. The minimum absolute atomic E-state index is 0.0440. The largest absolute Gasteiger partial charge is 0.456 e. The Bertz CT molecular complexity index is 1750. The zero-order valence-corrected chi connectivity index (χ0v) is 42.0. The summed E-state index contributed by atoms with van der Waals surface area (Å²) in [6.45, 7) is 13.4. The molecule has 386 valence electrons. The van der Waals surface area contributed by atoms with Crippen molar-refractivity contribution < 1.29 is 67.7 Å². The first-order chi connectivity index (χ1) is 32.4. The molecule has 2 bridgehead atoms. The zero-order chi connectivity index (χ0) is 49.7. The average molecular weight is 962 g/mol. The van der Waals surface area contributed by atoms with Gasteiger partial charge in [0.15, 0.2) is 0 Å². The number of aliphatic hydroxyl groups excluding tert-OH is 2. The van der Waals surface area contributed by atoms with Crippen LogP contribution in [0.15, 0.2) is 23.3 Å². The van der Waals surface area contributed by atoms with Crippen LogP contribution in [0.3, 0.4) is 0 Å². The number of amides is 2. The third-order valence-corrected chi connectivity index (χ3v) is 15.2. The van der Waals surface area contributed by atoms with E-state index in [1.54, 1.807) is 27.9 Å². The van der Waals surface area contributed by atoms with Crippen molar-refractivity contribution in [3.63, 3.8) is 0 Å². The van der Waals surface area contributed by atoms with Gasteiger partial charge in [-0.2, -0.15) is 0 Å². The summed E-state index contributed by atoms with van der Waals surface area (Å²) in [4.78, 5) is 74.1. The molecule has 17 heteroatoms. The van der Waals surface area contributed by atoms with Gasteiger partial charge < -0.3 is 54.0 Å². The van der Waals surface area contributed by atoms with E-state index in [-0.39, 0.29) is 61.9 Å². The van der Waals surface area contributed by atoms with Crippen LogP contribution in [0.5, 0.6) is 0 Å². The molecule has 0 spiro atoms. The van der Waals surface area contributed by atoms with Crippen LogP contribution >= 0.6 is 0 Å². The molecular weight excluding hydrogens is 879 g/mol. The van der Waals surface area contributed by atoms with Gasteiger partial charge in [-0.1, -0.05) is 38.5 Å². The first-order valence-electron chi connectivity index (χ1n) is 25.3. The van der Waals surface area contributed by atoms with E-state index in [2.05, 4.69) is 10.2 Å². The van der Waals surface area contributed by atoms with Crippen LogP contribution in [-0.2, 0) is 52.4 Å². The molecule has 0 unspecified atom stereocenters. The maximum absolute atomic E-state index is 14.5. The van der Waals surface area contributed by atoms with Crippen molar-refractivity contribution in [1.29, 1.82) is 0 Å². The van der Waals surface area contributed by atoms with E-state index in [4.69, 9.17) is 28.4 Å². The highest BCUT2D eigenvalue weighted by atomic mass is 16.7. The topological polar surface area (TPSA) is 220 Å². The SMILES string of the molecule is CO[C@H]1C[C@@H](C)C/C(C)=C/[C@@H](CCCC(=O)NCCN2CCOCC2)C(=O)C[C@H](O)[C@@H](C)[C@@H](/C(C)=C/[C@@H]2CC[C@@H](O)[C@H](OC)C2)OC(=O)[C@@H]2CCCCN2C(=O)C(=O)[C@]2(O)O[C@H]1[C@@H](OC)C[C@H]2C. The van der Waals surface area contributed by atoms with Crippen LogP contribution in [-0.4, -0.2) is 176 Å². The van der Waals surface area contributed by atoms with Gasteiger partial charge in [0.05, 0.1) is 43.7 Å². The van der Waals surface area contributed by atoms with E-state index in [1.165, 1.54) is 19.1 Å². The lowest BCUT2D eigenvalue weighted by molar-refractivity contribution is -0.302. The second-order valence-electron chi connectivity index (χ2n) is 20.4. The number of piperidine rings is 1. The minimum atomic E-state index is -2.54. The standard InChI is InChI=1S/C51H83N3O14/c1-31-24-32(2)26-43(64-7)47-44(65-8)28-34(4)51(62,68-47)48(59)49(60)54-18-10-9-13-38(54)50(61)67-46(33(3)27-36-15-16-39(55)42(29-36)63-6)35(5)40(56)30-41(57)37(25-31)12-11-14-45(58)52-17-19-53-20-22-66-23-21-53/h25,27,32,34-40,42-44,46-47,55-56,62H,9-24,26,28-30H2,1-8H3,(H,52,58)/b31-25+,33-27+/t32-,34+,35+,36-,37+,38-,39+,40-,42+,43-,44-,46+,47+,51+/m0/s1. The Balaban J connectivity index is 1.47. The number of ketones is 2. The summed E-state index contributed by atoms with van der Waals surface area (Å²) >= 11 is 0. The molecule has 4 aliphatic heterocycles. The van der Waals surface area contributed by atoms with Gasteiger partial charge in [-0.25, -0.2) is 4.79 Å². The van der Waals surface area contributed by atoms with E-state index in [9.17, 15) is 39.3 Å². The fraction of sp³-hybridized carbons (Fsp3) is 0.824. The molecule has 68 heavy (non-hydrogen) atoms. The highest BCUT2D eigenvalue weighted by molar-refractivity contribution is 6.39. The summed E-state index contributed by atoms with van der Waals surface area (Å²) < 4.78 is 35.5. The summed E-state index contributed by atoms with van der Waals surface area (Å²) in [5.74, 6) is -8.25. The number of morpholine rings is 1. The number of rotatable bonds is 12. The number of nitrogens with zero attached hydrogens (tertiary/aromatic N) is 2. The number of Topliss-reactive ketones (excluding diaryl/α,β-unsaturated/α-hetero) is 2. The van der Waals surface area contributed by atoms with Crippen LogP contribution in [0.25, 0.3) is 0 Å². The first kappa shape index (κ1) is 55.8. The van der Waals surface area contributed by atoms with Gasteiger partial charge in [0.1, 0.15) is 24.0 Å². The molecule has 4 N–H and O–H groups in total. The molecule has 17 nitrogen and oxygen atoms in total. The van der Waals surface area contributed by atoms with E-state index >= 15 is 0 Å². The molecule has 0 aromatic rings. The van der Waals surface area contributed by atoms with Gasteiger partial charge in [-0.05, 0) is 102 Å². The number of nitrogens with one attached hydrogen (secondary N) is 1. The van der Waals surface area contributed by atoms with Gasteiger partial charge >= 0.3 is 5.97 Å². The maximum Gasteiger partial charge on any atom is 0.329 e. The monoisotopic (exact) mass is 962 g/mol. The smallest absolute Gasteiger partial charge is 0.329 e. The highest BCUT2D eigenvalue weighted by Crippen LogP contribution is 2.39. The van der Waals surface area contributed by atoms with Crippen molar-refractivity contribution in [2.75, 3.05) is 67.3 Å². The van der Waals surface area contributed by atoms with Gasteiger partial charge in [0, 0.05) is 84.6 Å². The first-order valence-corrected chi connectivity index (χ1v) is 25.3. The number of carbonyl (C=O) groups is 5. The van der Waals surface area contributed by atoms with Crippen LogP contribution in [0.2, 0.25) is 0 Å². The lowest BCUT2D eigenvalue weighted by atomic mass is 9.81. The second-order valence-corrected chi connectivity index (χ2v) is 20.4. The minimum Gasteiger partial charge on any atom is -0.456 e. The second kappa shape index (κ2) is 26.4. The number of allylic oxidation sites excluding steroid dienone is 3. The molecule has 0 aromatic heterocycles. The normalized spacial score (nSPS) is 37.9. The number of methoxy groups -OCH3 is 3. The molecular formula is C51H83N3O14. The van der Waals surface area contributed by atoms with Crippen molar-refractivity contribution in [2.24, 2.45) is 29.6 Å². The summed E-state index contributed by atoms with van der Waals surface area (Å²) in [5.41, 5.74) is 1.55. The van der Waals surface area contributed by atoms with Gasteiger partial charge in [-0.3, -0.25) is 24.1 Å². The molecule has 0 aromatic carbocycles. The van der Waals surface area contributed by atoms with Crippen molar-refractivity contribution >= 4 is 29.4 Å². The predicted octanol–water partition coefficient (Wildman–Crippen LogP) is 3.68. The van der Waals surface area contributed by atoms with Crippen molar-refractivity contribution in [1.82, 2.24) is 15.1 Å². The molecule has 0 radical (unpaired) electrons. The number of hydrogen-bond donors (Lipinski definition) is 4. The molecule has 2 amide bonds. The highest BCUT2D eigenvalue weighted by Gasteiger charge is 2.56. The number of cyclic esters (lactones) is 1. The molecule has 5 aliphatic rings. The average Bonchev–Trinajstić information content (AvgIpc) is 3.32. The van der Waals surface area contributed by atoms with Crippen LogP contribution in [0.4, 0.5) is 0 Å². The Kier molecular flexibility index (Phi) is 21.6. The number of esters is 1. The Morgan fingerprint density at radius 3 is 2.28 bits per heavy atom. The molecule has 1 saturated carbocycles. The Morgan fingerprint density at radius 2 is 1.59 bits per heavy atom. The summed E-state index contributed by atoms with van der Waals surface area (Å²) in [7, 11) is 4.60. The zero-order valence-electron chi connectivity index (χ0n) is 42.0. The molecule has 4 fully saturated rings. The molecule has 5 rings (SSSR count). The van der Waals surface area contributed by atoms with Gasteiger partial charge in [0.25, 0.3) is 11.7 Å². The summed E-state index contributed by atoms with van der Waals surface area (Å²) in [6.07, 6.45) is 3.33. The van der Waals surface area contributed by atoms with E-state index in [0.29, 0.717) is 83.1 Å². The molecule has 14 atom stereocenters. The predicted molar refractivity (Wildman–Crippen MR) is 252 cm³/mol. The van der Waals surface area contributed by atoms with Crippen LogP contribution in [0, 0.1) is 29.6 Å². The molecule has 3 saturated heterocycles. The fourth-order valence-electron chi connectivity index (χ4n) is 11.0. The quantitative estimate of drug-likeness (QED) is 0.125. The summed E-state index contributed by atoms with van der Waals surface area (Å²) in [5, 5.41) is 37.7. The van der Waals surface area contributed by atoms with Crippen molar-refractivity contribution in [2.45, 2.75) is 173 Å². The van der Waals surface area contributed by atoms with E-state index in [0.717, 1.165) is 25.2 Å². The number of carbonyl (C=O) groups excluding carboxylic acids is 5. The van der Waals surface area contributed by atoms with Crippen LogP contribution < -0.4 is 5.32 Å². The van der Waals surface area contributed by atoms with Crippen LogP contribution in [0.1, 0.15) is 118 Å². The Morgan fingerprint density at radius 1 is 0.897 bits per heavy atom. The van der Waals surface area contributed by atoms with Crippen molar-refractivity contribution in [3.05, 3.63) is 23.3 Å². The van der Waals surface area contributed by atoms with E-state index < -0.39 is 83.9 Å². The number of fused-ring (bicyclic) bond motifs is 3. The summed E-state index contributed by atoms with van der Waals surface area (Å²) in [6, 6.07) is -1.18. The van der Waals surface area contributed by atoms with Crippen molar-refractivity contribution in [3.8, 4) is 0 Å². The Hall–Kier alpha value is -3.13.